The molecule has 1 saturated heterocycles. The lowest BCUT2D eigenvalue weighted by molar-refractivity contribution is -0.137. The number of rotatable bonds is 7. The molecule has 1 amide bonds. The maximum Gasteiger partial charge on any atom is 0.416 e. The molecule has 0 radical (unpaired) electrons. The largest absolute Gasteiger partial charge is 0.416 e. The predicted molar refractivity (Wildman–Crippen MR) is 84.2 cm³/mol. The molecule has 8 heteroatoms. The van der Waals surface area contributed by atoms with E-state index in [0.29, 0.717) is 12.3 Å². The van der Waals surface area contributed by atoms with E-state index in [2.05, 4.69) is 5.32 Å². The topological polar surface area (TPSA) is 50.8 Å². The van der Waals surface area contributed by atoms with Gasteiger partial charge in [0.2, 0.25) is 5.91 Å². The zero-order chi connectivity index (χ0) is 17.6. The molecule has 0 aromatic heterocycles. The second-order valence-corrected chi connectivity index (χ2v) is 5.52. The molecule has 1 fully saturated rings. The summed E-state index contributed by atoms with van der Waals surface area (Å²) in [6, 6.07) is 3.43. The van der Waals surface area contributed by atoms with E-state index in [-0.39, 0.29) is 18.9 Å². The Balaban J connectivity index is 2.12. The lowest BCUT2D eigenvalue weighted by atomic mass is 10.1. The summed E-state index contributed by atoms with van der Waals surface area (Å²) in [5, 5.41) is 2.53. The van der Waals surface area contributed by atoms with Crippen LogP contribution in [0.3, 0.4) is 0 Å². The van der Waals surface area contributed by atoms with Crippen LogP contribution in [0.15, 0.2) is 18.2 Å². The molecule has 0 bridgehead atoms. The molecule has 2 rings (SSSR count). The third kappa shape index (κ3) is 5.10. The number of carbonyl (C=O) groups excluding carboxylic acids is 1. The third-order valence-corrected chi connectivity index (χ3v) is 3.71. The highest BCUT2D eigenvalue weighted by atomic mass is 19.4. The summed E-state index contributed by atoms with van der Waals surface area (Å²) in [6.45, 7) is 1.87. The highest BCUT2D eigenvalue weighted by molar-refractivity contribution is 5.95. The molecule has 1 aromatic rings. The molecule has 1 aromatic carbocycles. The van der Waals surface area contributed by atoms with Crippen LogP contribution in [0, 0.1) is 0 Å². The van der Waals surface area contributed by atoms with Gasteiger partial charge in [0, 0.05) is 20.2 Å². The number of ether oxygens (including phenoxy) is 2. The van der Waals surface area contributed by atoms with Crippen molar-refractivity contribution < 1.29 is 27.4 Å². The number of carbonyl (C=O) groups is 1. The van der Waals surface area contributed by atoms with E-state index >= 15 is 0 Å². The smallest absolute Gasteiger partial charge is 0.382 e. The first-order chi connectivity index (χ1) is 11.4. The standard InChI is InChI=1S/C16H21F3N2O3/c1-23-8-9-24-11-15(22)20-13-10-12(16(17,18)19)4-5-14(13)21-6-2-3-7-21/h4-5,10H,2-3,6-9,11H2,1H3,(H,20,22). The van der Waals surface area contributed by atoms with Crippen molar-refractivity contribution in [3.05, 3.63) is 23.8 Å². The van der Waals surface area contributed by atoms with Gasteiger partial charge in [0.15, 0.2) is 0 Å². The van der Waals surface area contributed by atoms with Crippen LogP contribution in [0.4, 0.5) is 24.5 Å². The van der Waals surface area contributed by atoms with Crippen molar-refractivity contribution in [2.45, 2.75) is 19.0 Å². The van der Waals surface area contributed by atoms with Gasteiger partial charge in [-0.1, -0.05) is 0 Å². The monoisotopic (exact) mass is 346 g/mol. The number of benzene rings is 1. The number of hydrogen-bond donors (Lipinski definition) is 1. The normalized spacial score (nSPS) is 14.9. The number of anilines is 2. The highest BCUT2D eigenvalue weighted by Crippen LogP contribution is 2.36. The fraction of sp³-hybridized carbons (Fsp3) is 0.562. The van der Waals surface area contributed by atoms with Crippen LogP contribution in [-0.2, 0) is 20.4 Å². The van der Waals surface area contributed by atoms with Crippen LogP contribution in [-0.4, -0.2) is 45.9 Å². The van der Waals surface area contributed by atoms with Crippen molar-refractivity contribution in [3.8, 4) is 0 Å². The van der Waals surface area contributed by atoms with E-state index in [9.17, 15) is 18.0 Å². The molecule has 1 N–H and O–H groups in total. The van der Waals surface area contributed by atoms with Crippen LogP contribution in [0.5, 0.6) is 0 Å². The van der Waals surface area contributed by atoms with Crippen molar-refractivity contribution in [2.75, 3.05) is 50.2 Å². The van der Waals surface area contributed by atoms with Crippen molar-refractivity contribution in [3.63, 3.8) is 0 Å². The maximum absolute atomic E-state index is 12.9. The van der Waals surface area contributed by atoms with Gasteiger partial charge in [0.1, 0.15) is 6.61 Å². The van der Waals surface area contributed by atoms with Crippen molar-refractivity contribution in [1.82, 2.24) is 0 Å². The summed E-state index contributed by atoms with van der Waals surface area (Å²) < 4.78 is 48.7. The molecule has 134 valence electrons. The second-order valence-electron chi connectivity index (χ2n) is 5.52. The molecule has 0 unspecified atom stereocenters. The van der Waals surface area contributed by atoms with Crippen molar-refractivity contribution in [2.24, 2.45) is 0 Å². The summed E-state index contributed by atoms with van der Waals surface area (Å²) in [5.41, 5.74) is -0.0288. The zero-order valence-corrected chi connectivity index (χ0v) is 13.5. The molecule has 0 saturated carbocycles. The Morgan fingerprint density at radius 1 is 1.25 bits per heavy atom. The number of halogens is 3. The van der Waals surface area contributed by atoms with E-state index in [0.717, 1.165) is 38.1 Å². The van der Waals surface area contributed by atoms with Gasteiger partial charge in [-0.2, -0.15) is 13.2 Å². The summed E-state index contributed by atoms with van der Waals surface area (Å²) in [6.07, 6.45) is -2.50. The summed E-state index contributed by atoms with van der Waals surface area (Å²) in [4.78, 5) is 13.9. The Morgan fingerprint density at radius 2 is 1.96 bits per heavy atom. The summed E-state index contributed by atoms with van der Waals surface area (Å²) >= 11 is 0. The molecule has 1 aliphatic heterocycles. The van der Waals surface area contributed by atoms with E-state index in [1.54, 1.807) is 0 Å². The summed E-state index contributed by atoms with van der Waals surface area (Å²) in [7, 11) is 1.51. The van der Waals surface area contributed by atoms with Crippen LogP contribution in [0.25, 0.3) is 0 Å². The Kier molecular flexibility index (Phi) is 6.44. The molecule has 0 spiro atoms. The quantitative estimate of drug-likeness (QED) is 0.772. The molecule has 1 aliphatic rings. The second kappa shape index (κ2) is 8.34. The van der Waals surface area contributed by atoms with E-state index in [4.69, 9.17) is 9.47 Å². The fourth-order valence-electron chi connectivity index (χ4n) is 2.54. The average Bonchev–Trinajstić information content (AvgIpc) is 3.05. The first-order valence-corrected chi connectivity index (χ1v) is 7.74. The first kappa shape index (κ1) is 18.5. The molecule has 0 aliphatic carbocycles. The number of nitrogens with zero attached hydrogens (tertiary/aromatic N) is 1. The summed E-state index contributed by atoms with van der Waals surface area (Å²) in [5.74, 6) is -0.495. The number of hydrogen-bond acceptors (Lipinski definition) is 4. The zero-order valence-electron chi connectivity index (χ0n) is 13.5. The maximum atomic E-state index is 12.9. The Labute approximate surface area is 138 Å². The van der Waals surface area contributed by atoms with Gasteiger partial charge in [0.25, 0.3) is 0 Å². The van der Waals surface area contributed by atoms with Gasteiger partial charge in [0.05, 0.1) is 30.2 Å². The van der Waals surface area contributed by atoms with Crippen molar-refractivity contribution >= 4 is 17.3 Å². The van der Waals surface area contributed by atoms with Crippen LogP contribution in [0.1, 0.15) is 18.4 Å². The third-order valence-electron chi connectivity index (χ3n) is 3.71. The van der Waals surface area contributed by atoms with E-state index in [1.807, 2.05) is 4.90 Å². The van der Waals surface area contributed by atoms with Crippen LogP contribution in [0.2, 0.25) is 0 Å². The SMILES string of the molecule is COCCOCC(=O)Nc1cc(C(F)(F)F)ccc1N1CCCC1. The Bertz CT molecular complexity index is 558. The number of amides is 1. The van der Waals surface area contributed by atoms with Crippen LogP contribution >= 0.6 is 0 Å². The molecule has 5 nitrogen and oxygen atoms in total. The van der Waals surface area contributed by atoms with Gasteiger partial charge in [-0.3, -0.25) is 4.79 Å². The van der Waals surface area contributed by atoms with Gasteiger partial charge >= 0.3 is 6.18 Å². The fourth-order valence-corrected chi connectivity index (χ4v) is 2.54. The Hall–Kier alpha value is -1.80. The predicted octanol–water partition coefficient (Wildman–Crippen LogP) is 2.91. The number of nitrogens with one attached hydrogen (secondary N) is 1. The van der Waals surface area contributed by atoms with E-state index < -0.39 is 17.6 Å². The Morgan fingerprint density at radius 3 is 2.58 bits per heavy atom. The first-order valence-electron chi connectivity index (χ1n) is 7.74. The molecule has 1 heterocycles. The lowest BCUT2D eigenvalue weighted by Crippen LogP contribution is -2.24. The minimum Gasteiger partial charge on any atom is -0.382 e. The van der Waals surface area contributed by atoms with Gasteiger partial charge in [-0.25, -0.2) is 0 Å². The minimum absolute atomic E-state index is 0.159. The molecular weight excluding hydrogens is 325 g/mol. The van der Waals surface area contributed by atoms with Gasteiger partial charge in [-0.05, 0) is 31.0 Å². The number of methoxy groups -OCH3 is 1. The average molecular weight is 346 g/mol. The van der Waals surface area contributed by atoms with Gasteiger partial charge < -0.3 is 19.7 Å². The van der Waals surface area contributed by atoms with Crippen LogP contribution < -0.4 is 10.2 Å². The number of alkyl halides is 3. The van der Waals surface area contributed by atoms with Gasteiger partial charge in [-0.15, -0.1) is 0 Å². The minimum atomic E-state index is -4.46. The van der Waals surface area contributed by atoms with Crippen molar-refractivity contribution in [1.29, 1.82) is 0 Å². The molecular formula is C16H21F3N2O3. The van der Waals surface area contributed by atoms with E-state index in [1.165, 1.54) is 13.2 Å². The highest BCUT2D eigenvalue weighted by Gasteiger charge is 2.32. The lowest BCUT2D eigenvalue weighted by Gasteiger charge is -2.23. The molecule has 24 heavy (non-hydrogen) atoms. The molecule has 0 atom stereocenters.